The fourth-order valence-corrected chi connectivity index (χ4v) is 2.89. The van der Waals surface area contributed by atoms with Crippen molar-refractivity contribution in [3.63, 3.8) is 0 Å². The summed E-state index contributed by atoms with van der Waals surface area (Å²) in [6.07, 6.45) is 5.30. The molecule has 0 atom stereocenters. The zero-order valence-corrected chi connectivity index (χ0v) is 9.98. The van der Waals surface area contributed by atoms with Crippen LogP contribution in [0, 0.1) is 5.41 Å². The van der Waals surface area contributed by atoms with E-state index >= 15 is 0 Å². The van der Waals surface area contributed by atoms with Gasteiger partial charge in [0.25, 0.3) is 0 Å². The first-order chi connectivity index (χ1) is 7.35. The predicted octanol–water partition coefficient (Wildman–Crippen LogP) is 2.36. The minimum absolute atomic E-state index is 0.489. The van der Waals surface area contributed by atoms with Gasteiger partial charge in [0.05, 0.1) is 0 Å². The maximum Gasteiger partial charge on any atom is 0.0299 e. The van der Waals surface area contributed by atoms with Crippen molar-refractivity contribution in [1.29, 1.82) is 0 Å². The van der Waals surface area contributed by atoms with E-state index < -0.39 is 0 Å². The van der Waals surface area contributed by atoms with Crippen molar-refractivity contribution < 1.29 is 0 Å². The summed E-state index contributed by atoms with van der Waals surface area (Å²) in [5.41, 5.74) is 6.31. The van der Waals surface area contributed by atoms with E-state index in [0.717, 1.165) is 19.6 Å². The Hall–Kier alpha value is -0.380. The second kappa shape index (κ2) is 5.10. The third-order valence-corrected chi connectivity index (χ3v) is 4.44. The van der Waals surface area contributed by atoms with Crippen molar-refractivity contribution in [2.75, 3.05) is 13.1 Å². The van der Waals surface area contributed by atoms with Gasteiger partial charge in [0.2, 0.25) is 0 Å². The molecule has 3 heteroatoms. The van der Waals surface area contributed by atoms with Gasteiger partial charge in [-0.05, 0) is 49.2 Å². The van der Waals surface area contributed by atoms with Gasteiger partial charge in [-0.25, -0.2) is 0 Å². The zero-order chi connectivity index (χ0) is 10.6. The highest BCUT2D eigenvalue weighted by atomic mass is 32.1. The van der Waals surface area contributed by atoms with Crippen molar-refractivity contribution in [2.24, 2.45) is 11.1 Å². The van der Waals surface area contributed by atoms with Crippen molar-refractivity contribution in [1.82, 2.24) is 5.32 Å². The minimum Gasteiger partial charge on any atom is -0.330 e. The van der Waals surface area contributed by atoms with Crippen LogP contribution in [0.1, 0.15) is 30.6 Å². The van der Waals surface area contributed by atoms with Crippen molar-refractivity contribution in [3.8, 4) is 0 Å². The molecule has 0 bridgehead atoms. The van der Waals surface area contributed by atoms with Gasteiger partial charge in [0, 0.05) is 11.4 Å². The van der Waals surface area contributed by atoms with Gasteiger partial charge >= 0.3 is 0 Å². The smallest absolute Gasteiger partial charge is 0.0299 e. The van der Waals surface area contributed by atoms with Gasteiger partial charge in [0.15, 0.2) is 0 Å². The Balaban J connectivity index is 1.62. The maximum absolute atomic E-state index is 5.82. The molecule has 0 amide bonds. The fraction of sp³-hybridized carbons (Fsp3) is 0.667. The molecule has 0 aliphatic heterocycles. The quantitative estimate of drug-likeness (QED) is 0.728. The standard InChI is InChI=1S/C12H20N2S/c13-10-12(4-2-5-12)6-7-14-9-11-3-1-8-15-11/h1,3,8,14H,2,4-7,9-10,13H2. The molecule has 0 unspecified atom stereocenters. The number of thiophene rings is 1. The highest BCUT2D eigenvalue weighted by Crippen LogP contribution is 2.42. The van der Waals surface area contributed by atoms with Gasteiger partial charge in [-0.2, -0.15) is 0 Å². The summed E-state index contributed by atoms with van der Waals surface area (Å²) in [6.45, 7) is 2.99. The number of rotatable bonds is 6. The van der Waals surface area contributed by atoms with Crippen LogP contribution < -0.4 is 11.1 Å². The molecule has 0 aromatic carbocycles. The van der Waals surface area contributed by atoms with E-state index in [-0.39, 0.29) is 0 Å². The summed E-state index contributed by atoms with van der Waals surface area (Å²) in [4.78, 5) is 1.42. The highest BCUT2D eigenvalue weighted by Gasteiger charge is 2.34. The molecule has 1 heterocycles. The van der Waals surface area contributed by atoms with Crippen molar-refractivity contribution in [3.05, 3.63) is 22.4 Å². The molecule has 1 aromatic heterocycles. The Bertz CT molecular complexity index is 272. The lowest BCUT2D eigenvalue weighted by Crippen LogP contribution is -2.39. The number of hydrogen-bond donors (Lipinski definition) is 2. The largest absolute Gasteiger partial charge is 0.330 e. The van der Waals surface area contributed by atoms with Crippen LogP contribution in [0.15, 0.2) is 17.5 Å². The normalized spacial score (nSPS) is 18.7. The molecule has 1 aliphatic rings. The van der Waals surface area contributed by atoms with Crippen LogP contribution in [0.5, 0.6) is 0 Å². The summed E-state index contributed by atoms with van der Waals surface area (Å²) in [5, 5.41) is 5.63. The first-order valence-electron chi connectivity index (χ1n) is 5.78. The second-order valence-corrected chi connectivity index (χ2v) is 5.60. The van der Waals surface area contributed by atoms with E-state index in [0.29, 0.717) is 5.41 Å². The van der Waals surface area contributed by atoms with Gasteiger partial charge < -0.3 is 11.1 Å². The molecule has 84 valence electrons. The Morgan fingerprint density at radius 3 is 2.87 bits per heavy atom. The van der Waals surface area contributed by atoms with Crippen molar-refractivity contribution in [2.45, 2.75) is 32.2 Å². The molecule has 2 rings (SSSR count). The fourth-order valence-electron chi connectivity index (χ4n) is 2.21. The first kappa shape index (κ1) is 11.1. The summed E-state index contributed by atoms with van der Waals surface area (Å²) in [6, 6.07) is 4.29. The monoisotopic (exact) mass is 224 g/mol. The molecule has 0 saturated heterocycles. The average Bonchev–Trinajstić information content (AvgIpc) is 2.68. The summed E-state index contributed by atoms with van der Waals surface area (Å²) >= 11 is 1.82. The third kappa shape index (κ3) is 2.80. The van der Waals surface area contributed by atoms with Crippen LogP contribution in [0.4, 0.5) is 0 Å². The van der Waals surface area contributed by atoms with Gasteiger partial charge in [-0.15, -0.1) is 11.3 Å². The maximum atomic E-state index is 5.82. The molecule has 0 spiro atoms. The molecule has 15 heavy (non-hydrogen) atoms. The summed E-state index contributed by atoms with van der Waals surface area (Å²) in [7, 11) is 0. The van der Waals surface area contributed by atoms with E-state index in [1.54, 1.807) is 0 Å². The Kier molecular flexibility index (Phi) is 3.78. The molecular formula is C12H20N2S. The average molecular weight is 224 g/mol. The van der Waals surface area contributed by atoms with Gasteiger partial charge in [-0.1, -0.05) is 12.5 Å². The molecule has 1 aromatic rings. The topological polar surface area (TPSA) is 38.0 Å². The summed E-state index contributed by atoms with van der Waals surface area (Å²) in [5.74, 6) is 0. The lowest BCUT2D eigenvalue weighted by molar-refractivity contribution is 0.130. The molecular weight excluding hydrogens is 204 g/mol. The minimum atomic E-state index is 0.489. The molecule has 1 fully saturated rings. The van der Waals surface area contributed by atoms with E-state index in [4.69, 9.17) is 5.73 Å². The van der Waals surface area contributed by atoms with E-state index in [9.17, 15) is 0 Å². The zero-order valence-electron chi connectivity index (χ0n) is 9.17. The van der Waals surface area contributed by atoms with E-state index in [2.05, 4.69) is 22.8 Å². The van der Waals surface area contributed by atoms with Crippen LogP contribution in [-0.2, 0) is 6.54 Å². The summed E-state index contributed by atoms with van der Waals surface area (Å²) < 4.78 is 0. The van der Waals surface area contributed by atoms with Crippen LogP contribution >= 0.6 is 11.3 Å². The predicted molar refractivity (Wildman–Crippen MR) is 66.0 cm³/mol. The number of nitrogens with two attached hydrogens (primary N) is 1. The van der Waals surface area contributed by atoms with Gasteiger partial charge in [-0.3, -0.25) is 0 Å². The van der Waals surface area contributed by atoms with E-state index in [1.807, 2.05) is 11.3 Å². The lowest BCUT2D eigenvalue weighted by Gasteiger charge is -2.41. The Morgan fingerprint density at radius 2 is 2.33 bits per heavy atom. The molecule has 1 aliphatic carbocycles. The van der Waals surface area contributed by atoms with E-state index in [1.165, 1.54) is 30.6 Å². The Labute approximate surface area is 95.9 Å². The van der Waals surface area contributed by atoms with Crippen LogP contribution in [0.3, 0.4) is 0 Å². The van der Waals surface area contributed by atoms with Crippen LogP contribution in [0.2, 0.25) is 0 Å². The van der Waals surface area contributed by atoms with Crippen LogP contribution in [-0.4, -0.2) is 13.1 Å². The molecule has 0 radical (unpaired) electrons. The third-order valence-electron chi connectivity index (χ3n) is 3.56. The van der Waals surface area contributed by atoms with Crippen molar-refractivity contribution >= 4 is 11.3 Å². The Morgan fingerprint density at radius 1 is 1.47 bits per heavy atom. The highest BCUT2D eigenvalue weighted by molar-refractivity contribution is 7.09. The number of hydrogen-bond acceptors (Lipinski definition) is 3. The molecule has 3 N–H and O–H groups in total. The number of nitrogens with one attached hydrogen (secondary N) is 1. The first-order valence-corrected chi connectivity index (χ1v) is 6.66. The molecule has 2 nitrogen and oxygen atoms in total. The van der Waals surface area contributed by atoms with Crippen LogP contribution in [0.25, 0.3) is 0 Å². The second-order valence-electron chi connectivity index (χ2n) is 4.56. The SMILES string of the molecule is NCC1(CCNCc2cccs2)CCC1. The lowest BCUT2D eigenvalue weighted by atomic mass is 9.67. The van der Waals surface area contributed by atoms with Gasteiger partial charge in [0.1, 0.15) is 0 Å². The molecule has 1 saturated carbocycles.